The molecule has 17 heavy (non-hydrogen) atoms. The molecular weight excluding hydrogens is 214 g/mol. The van der Waals surface area contributed by atoms with Gasteiger partial charge < -0.3 is 15.0 Å². The van der Waals surface area contributed by atoms with Crippen LogP contribution in [0.25, 0.3) is 0 Å². The van der Waals surface area contributed by atoms with Crippen molar-refractivity contribution in [3.8, 4) is 5.75 Å². The molecule has 4 heteroatoms. The summed E-state index contributed by atoms with van der Waals surface area (Å²) in [6.07, 6.45) is 1.76. The van der Waals surface area contributed by atoms with Crippen LogP contribution < -0.4 is 10.5 Å². The Morgan fingerprint density at radius 3 is 2.65 bits per heavy atom. The van der Waals surface area contributed by atoms with Gasteiger partial charge in [0.05, 0.1) is 11.9 Å². The highest BCUT2D eigenvalue weighted by atomic mass is 16.5. The normalized spacial score (nSPS) is 10.5. The molecule has 0 aliphatic rings. The fourth-order valence-corrected chi connectivity index (χ4v) is 1.70. The molecule has 2 aromatic rings. The van der Waals surface area contributed by atoms with E-state index in [-0.39, 0.29) is 0 Å². The summed E-state index contributed by atoms with van der Waals surface area (Å²) in [6, 6.07) is 7.98. The van der Waals surface area contributed by atoms with Crippen LogP contribution in [0.15, 0.2) is 30.5 Å². The maximum atomic E-state index is 5.74. The van der Waals surface area contributed by atoms with Crippen molar-refractivity contribution >= 4 is 5.95 Å². The molecule has 90 valence electrons. The Morgan fingerprint density at radius 1 is 1.29 bits per heavy atom. The molecule has 0 unspecified atom stereocenters. The number of nitrogens with zero attached hydrogens (tertiary/aromatic N) is 2. The van der Waals surface area contributed by atoms with Gasteiger partial charge in [0.15, 0.2) is 5.95 Å². The summed E-state index contributed by atoms with van der Waals surface area (Å²) in [5, 5.41) is 0. The van der Waals surface area contributed by atoms with E-state index in [1.165, 1.54) is 5.56 Å². The highest BCUT2D eigenvalue weighted by molar-refractivity contribution is 5.27. The molecule has 1 aromatic carbocycles. The van der Waals surface area contributed by atoms with Gasteiger partial charge in [0.25, 0.3) is 0 Å². The Morgan fingerprint density at radius 2 is 2.00 bits per heavy atom. The molecule has 0 saturated heterocycles. The predicted molar refractivity (Wildman–Crippen MR) is 67.8 cm³/mol. The van der Waals surface area contributed by atoms with Crippen molar-refractivity contribution in [2.24, 2.45) is 0 Å². The van der Waals surface area contributed by atoms with E-state index in [1.807, 2.05) is 35.8 Å². The Hall–Kier alpha value is -1.97. The monoisotopic (exact) mass is 231 g/mol. The fraction of sp³-hybridized carbons (Fsp3) is 0.308. The number of imidazole rings is 1. The summed E-state index contributed by atoms with van der Waals surface area (Å²) in [7, 11) is 0. The van der Waals surface area contributed by atoms with Gasteiger partial charge in [0.2, 0.25) is 0 Å². The summed E-state index contributed by atoms with van der Waals surface area (Å²) >= 11 is 0. The molecule has 2 N–H and O–H groups in total. The number of aromatic nitrogens is 2. The number of ether oxygens (including phenoxy) is 1. The maximum Gasteiger partial charge on any atom is 0.200 e. The maximum absolute atomic E-state index is 5.74. The molecule has 1 aromatic heterocycles. The SMILES string of the molecule is CCn1c(COc2ccc(C)cc2)cnc1N. The van der Waals surface area contributed by atoms with E-state index in [4.69, 9.17) is 10.5 Å². The third kappa shape index (κ3) is 2.58. The first-order chi connectivity index (χ1) is 8.20. The molecule has 4 nitrogen and oxygen atoms in total. The zero-order valence-corrected chi connectivity index (χ0v) is 10.2. The van der Waals surface area contributed by atoms with Gasteiger partial charge in [-0.25, -0.2) is 4.98 Å². The third-order valence-corrected chi connectivity index (χ3v) is 2.69. The number of hydrogen-bond acceptors (Lipinski definition) is 3. The fourth-order valence-electron chi connectivity index (χ4n) is 1.70. The van der Waals surface area contributed by atoms with Crippen LogP contribution in [0.1, 0.15) is 18.2 Å². The third-order valence-electron chi connectivity index (χ3n) is 2.69. The lowest BCUT2D eigenvalue weighted by atomic mass is 10.2. The molecule has 0 aliphatic heterocycles. The van der Waals surface area contributed by atoms with Gasteiger partial charge in [0, 0.05) is 6.54 Å². The Balaban J connectivity index is 2.04. The van der Waals surface area contributed by atoms with E-state index in [0.717, 1.165) is 18.0 Å². The second kappa shape index (κ2) is 4.91. The highest BCUT2D eigenvalue weighted by Crippen LogP contribution is 2.15. The second-order valence-electron chi connectivity index (χ2n) is 3.95. The number of nitrogen functional groups attached to an aromatic ring is 1. The number of anilines is 1. The zero-order chi connectivity index (χ0) is 12.3. The minimum absolute atomic E-state index is 0.487. The zero-order valence-electron chi connectivity index (χ0n) is 10.2. The average Bonchev–Trinajstić information content (AvgIpc) is 2.69. The smallest absolute Gasteiger partial charge is 0.200 e. The first-order valence-electron chi connectivity index (χ1n) is 5.70. The number of benzene rings is 1. The van der Waals surface area contributed by atoms with Crippen LogP contribution in [0.2, 0.25) is 0 Å². The van der Waals surface area contributed by atoms with E-state index in [1.54, 1.807) is 6.20 Å². The van der Waals surface area contributed by atoms with Gasteiger partial charge >= 0.3 is 0 Å². The topological polar surface area (TPSA) is 53.1 Å². The van der Waals surface area contributed by atoms with Crippen molar-refractivity contribution in [2.75, 3.05) is 5.73 Å². The van der Waals surface area contributed by atoms with Gasteiger partial charge in [-0.3, -0.25) is 0 Å². The predicted octanol–water partition coefficient (Wildman–Crippen LogP) is 2.37. The second-order valence-corrected chi connectivity index (χ2v) is 3.95. The molecule has 0 radical (unpaired) electrons. The van der Waals surface area contributed by atoms with E-state index >= 15 is 0 Å². The number of aryl methyl sites for hydroxylation is 1. The molecule has 2 rings (SSSR count). The average molecular weight is 231 g/mol. The van der Waals surface area contributed by atoms with Crippen molar-refractivity contribution in [3.63, 3.8) is 0 Å². The van der Waals surface area contributed by atoms with Crippen LogP contribution in [0.4, 0.5) is 5.95 Å². The number of hydrogen-bond donors (Lipinski definition) is 1. The van der Waals surface area contributed by atoms with Crippen molar-refractivity contribution in [1.82, 2.24) is 9.55 Å². The van der Waals surface area contributed by atoms with E-state index in [9.17, 15) is 0 Å². The van der Waals surface area contributed by atoms with Crippen molar-refractivity contribution < 1.29 is 4.74 Å². The first kappa shape index (κ1) is 11.5. The largest absolute Gasteiger partial charge is 0.487 e. The summed E-state index contributed by atoms with van der Waals surface area (Å²) < 4.78 is 7.63. The van der Waals surface area contributed by atoms with E-state index in [2.05, 4.69) is 11.9 Å². The number of rotatable bonds is 4. The van der Waals surface area contributed by atoms with Gasteiger partial charge in [-0.05, 0) is 26.0 Å². The molecule has 0 spiro atoms. The molecule has 0 amide bonds. The Bertz CT molecular complexity index is 488. The molecule has 0 bridgehead atoms. The van der Waals surface area contributed by atoms with Crippen LogP contribution in [0, 0.1) is 6.92 Å². The summed E-state index contributed by atoms with van der Waals surface area (Å²) in [5.41, 5.74) is 7.95. The molecule has 1 heterocycles. The van der Waals surface area contributed by atoms with Crippen LogP contribution in [-0.4, -0.2) is 9.55 Å². The molecule has 0 aliphatic carbocycles. The van der Waals surface area contributed by atoms with Gasteiger partial charge in [-0.1, -0.05) is 17.7 Å². The Kier molecular flexibility index (Phi) is 3.32. The van der Waals surface area contributed by atoms with Gasteiger partial charge in [-0.15, -0.1) is 0 Å². The molecule has 0 fully saturated rings. The quantitative estimate of drug-likeness (QED) is 0.878. The van der Waals surface area contributed by atoms with Crippen LogP contribution in [-0.2, 0) is 13.2 Å². The van der Waals surface area contributed by atoms with E-state index < -0.39 is 0 Å². The van der Waals surface area contributed by atoms with Crippen molar-refractivity contribution in [1.29, 1.82) is 0 Å². The van der Waals surface area contributed by atoms with Gasteiger partial charge in [-0.2, -0.15) is 0 Å². The summed E-state index contributed by atoms with van der Waals surface area (Å²) in [6.45, 7) is 5.38. The van der Waals surface area contributed by atoms with Gasteiger partial charge in [0.1, 0.15) is 12.4 Å². The van der Waals surface area contributed by atoms with Crippen LogP contribution in [0.5, 0.6) is 5.75 Å². The minimum atomic E-state index is 0.487. The lowest BCUT2D eigenvalue weighted by Gasteiger charge is -2.09. The summed E-state index contributed by atoms with van der Waals surface area (Å²) in [5.74, 6) is 1.40. The molecule has 0 atom stereocenters. The first-order valence-corrected chi connectivity index (χ1v) is 5.70. The number of nitrogens with two attached hydrogens (primary N) is 1. The van der Waals surface area contributed by atoms with Crippen molar-refractivity contribution in [3.05, 3.63) is 41.7 Å². The van der Waals surface area contributed by atoms with Crippen LogP contribution in [0.3, 0.4) is 0 Å². The Labute approximate surface area is 101 Å². The lowest BCUT2D eigenvalue weighted by molar-refractivity contribution is 0.295. The standard InChI is InChI=1S/C13H17N3O/c1-3-16-11(8-15-13(16)14)9-17-12-6-4-10(2)5-7-12/h4-8H,3,9H2,1-2H3,(H2,14,15). The van der Waals surface area contributed by atoms with E-state index in [0.29, 0.717) is 12.6 Å². The summed E-state index contributed by atoms with van der Waals surface area (Å²) in [4.78, 5) is 4.07. The highest BCUT2D eigenvalue weighted by Gasteiger charge is 2.05. The lowest BCUT2D eigenvalue weighted by Crippen LogP contribution is -2.07. The van der Waals surface area contributed by atoms with Crippen LogP contribution >= 0.6 is 0 Å². The minimum Gasteiger partial charge on any atom is -0.487 e. The molecule has 0 saturated carbocycles. The van der Waals surface area contributed by atoms with Crippen molar-refractivity contribution in [2.45, 2.75) is 27.0 Å². The molecular formula is C13H17N3O.